The lowest BCUT2D eigenvalue weighted by Crippen LogP contribution is -2.25. The highest BCUT2D eigenvalue weighted by Crippen LogP contribution is 2.20. The van der Waals surface area contributed by atoms with Gasteiger partial charge in [-0.1, -0.05) is 51.9 Å². The van der Waals surface area contributed by atoms with Crippen LogP contribution in [-0.2, 0) is 19.1 Å². The molecule has 1 atom stereocenters. The highest BCUT2D eigenvalue weighted by Gasteiger charge is 2.24. The molecule has 0 saturated carbocycles. The van der Waals surface area contributed by atoms with Gasteiger partial charge in [0.1, 0.15) is 5.25 Å². The molecule has 0 aliphatic carbocycles. The Morgan fingerprint density at radius 2 is 1.39 bits per heavy atom. The van der Waals surface area contributed by atoms with Crippen LogP contribution in [0.2, 0.25) is 0 Å². The van der Waals surface area contributed by atoms with Crippen LogP contribution in [0.5, 0.6) is 0 Å². The highest BCUT2D eigenvalue weighted by atomic mass is 32.2. The maximum absolute atomic E-state index is 11.9. The van der Waals surface area contributed by atoms with E-state index in [1.165, 1.54) is 56.7 Å². The number of thioether (sulfide) groups is 1. The van der Waals surface area contributed by atoms with Gasteiger partial charge in [0.25, 0.3) is 0 Å². The van der Waals surface area contributed by atoms with Gasteiger partial charge in [-0.05, 0) is 26.0 Å². The van der Waals surface area contributed by atoms with E-state index in [2.05, 4.69) is 6.92 Å². The molecule has 0 aliphatic rings. The van der Waals surface area contributed by atoms with Crippen molar-refractivity contribution >= 4 is 23.7 Å². The van der Waals surface area contributed by atoms with Gasteiger partial charge in [0.05, 0.1) is 19.6 Å². The summed E-state index contributed by atoms with van der Waals surface area (Å²) in [5.41, 5.74) is 0. The topological polar surface area (TPSA) is 52.6 Å². The molecule has 23 heavy (non-hydrogen) atoms. The molecule has 0 amide bonds. The Bertz CT molecular complexity index is 307. The minimum Gasteiger partial charge on any atom is -0.466 e. The first-order chi connectivity index (χ1) is 11.2. The zero-order valence-corrected chi connectivity index (χ0v) is 15.9. The van der Waals surface area contributed by atoms with Gasteiger partial charge in [-0.2, -0.15) is 0 Å². The van der Waals surface area contributed by atoms with E-state index in [0.717, 1.165) is 12.2 Å². The summed E-state index contributed by atoms with van der Waals surface area (Å²) in [6.07, 6.45) is 10.2. The molecule has 0 saturated heterocycles. The predicted octanol–water partition coefficient (Wildman–Crippen LogP) is 4.75. The largest absolute Gasteiger partial charge is 0.466 e. The van der Waals surface area contributed by atoms with Crippen molar-refractivity contribution < 1.29 is 19.1 Å². The van der Waals surface area contributed by atoms with Crippen molar-refractivity contribution in [1.29, 1.82) is 0 Å². The maximum atomic E-state index is 11.9. The fourth-order valence-corrected chi connectivity index (χ4v) is 3.39. The van der Waals surface area contributed by atoms with Gasteiger partial charge < -0.3 is 9.47 Å². The third-order valence-electron chi connectivity index (χ3n) is 3.52. The lowest BCUT2D eigenvalue weighted by molar-refractivity contribution is -0.149. The number of ether oxygens (including phenoxy) is 2. The molecular weight excluding hydrogens is 312 g/mol. The normalized spacial score (nSPS) is 12.0. The van der Waals surface area contributed by atoms with Crippen LogP contribution in [-0.4, -0.2) is 36.2 Å². The molecule has 0 radical (unpaired) electrons. The van der Waals surface area contributed by atoms with Crippen molar-refractivity contribution in [3.05, 3.63) is 0 Å². The summed E-state index contributed by atoms with van der Waals surface area (Å²) in [5, 5.41) is -0.432. The third kappa shape index (κ3) is 13.4. The van der Waals surface area contributed by atoms with E-state index in [9.17, 15) is 9.59 Å². The average molecular weight is 347 g/mol. The van der Waals surface area contributed by atoms with Gasteiger partial charge in [0.2, 0.25) is 0 Å². The van der Waals surface area contributed by atoms with Crippen LogP contribution in [0.3, 0.4) is 0 Å². The van der Waals surface area contributed by atoms with Crippen LogP contribution in [0.1, 0.15) is 78.6 Å². The van der Waals surface area contributed by atoms with Crippen LogP contribution in [0, 0.1) is 0 Å². The molecule has 0 rings (SSSR count). The van der Waals surface area contributed by atoms with E-state index >= 15 is 0 Å². The smallest absolute Gasteiger partial charge is 0.319 e. The Balaban J connectivity index is 3.86. The molecule has 0 spiro atoms. The average Bonchev–Trinajstić information content (AvgIpc) is 2.52. The van der Waals surface area contributed by atoms with Gasteiger partial charge in [-0.25, -0.2) is 0 Å². The van der Waals surface area contributed by atoms with E-state index in [-0.39, 0.29) is 18.4 Å². The molecule has 136 valence electrons. The van der Waals surface area contributed by atoms with Crippen LogP contribution >= 0.6 is 11.8 Å². The first-order valence-electron chi connectivity index (χ1n) is 9.09. The van der Waals surface area contributed by atoms with E-state index in [1.807, 2.05) is 0 Å². The molecule has 0 aromatic rings. The maximum Gasteiger partial charge on any atom is 0.319 e. The Labute approximate surface area is 146 Å². The van der Waals surface area contributed by atoms with Crippen molar-refractivity contribution in [2.24, 2.45) is 0 Å². The molecule has 5 heteroatoms. The summed E-state index contributed by atoms with van der Waals surface area (Å²) in [6.45, 7) is 6.47. The number of hydrogen-bond donors (Lipinski definition) is 0. The summed E-state index contributed by atoms with van der Waals surface area (Å²) < 4.78 is 9.98. The quantitative estimate of drug-likeness (QED) is 0.316. The monoisotopic (exact) mass is 346 g/mol. The zero-order valence-electron chi connectivity index (χ0n) is 15.1. The van der Waals surface area contributed by atoms with Crippen molar-refractivity contribution in [1.82, 2.24) is 0 Å². The summed E-state index contributed by atoms with van der Waals surface area (Å²) in [4.78, 5) is 23.5. The van der Waals surface area contributed by atoms with E-state index < -0.39 is 5.25 Å². The second-order valence-electron chi connectivity index (χ2n) is 5.60. The number of rotatable bonds is 15. The standard InChI is InChI=1S/C18H34O4S/c1-4-7-8-9-10-11-12-13-14-23-16(18(20)22-6-3)15-17(19)21-5-2/h16H,4-15H2,1-3H3. The first-order valence-corrected chi connectivity index (χ1v) is 10.1. The van der Waals surface area contributed by atoms with Crippen molar-refractivity contribution in [2.45, 2.75) is 83.8 Å². The molecule has 0 fully saturated rings. The Kier molecular flexibility index (Phi) is 15.7. The van der Waals surface area contributed by atoms with E-state index in [0.29, 0.717) is 13.2 Å². The molecular formula is C18H34O4S. The Morgan fingerprint density at radius 1 is 0.826 bits per heavy atom. The number of carbonyl (C=O) groups is 2. The number of hydrogen-bond acceptors (Lipinski definition) is 5. The minimum absolute atomic E-state index is 0.106. The molecule has 0 heterocycles. The fraction of sp³-hybridized carbons (Fsp3) is 0.889. The lowest BCUT2D eigenvalue weighted by atomic mass is 10.1. The molecule has 0 aliphatic heterocycles. The Morgan fingerprint density at radius 3 is 1.96 bits per heavy atom. The molecule has 4 nitrogen and oxygen atoms in total. The SMILES string of the molecule is CCCCCCCCCCSC(CC(=O)OCC)C(=O)OCC. The summed E-state index contributed by atoms with van der Waals surface area (Å²) >= 11 is 1.52. The molecule has 0 bridgehead atoms. The Hall–Kier alpha value is -0.710. The molecule has 0 N–H and O–H groups in total. The van der Waals surface area contributed by atoms with Crippen molar-refractivity contribution in [2.75, 3.05) is 19.0 Å². The van der Waals surface area contributed by atoms with Crippen molar-refractivity contribution in [3.63, 3.8) is 0 Å². The highest BCUT2D eigenvalue weighted by molar-refractivity contribution is 8.00. The van der Waals surface area contributed by atoms with Crippen LogP contribution in [0.4, 0.5) is 0 Å². The van der Waals surface area contributed by atoms with Gasteiger partial charge in [-0.15, -0.1) is 11.8 Å². The minimum atomic E-state index is -0.432. The zero-order chi connectivity index (χ0) is 17.3. The second-order valence-corrected chi connectivity index (χ2v) is 6.91. The van der Waals surface area contributed by atoms with Crippen LogP contribution < -0.4 is 0 Å². The van der Waals surface area contributed by atoms with Gasteiger partial charge in [0, 0.05) is 0 Å². The number of esters is 2. The predicted molar refractivity (Wildman–Crippen MR) is 96.7 cm³/mol. The van der Waals surface area contributed by atoms with Gasteiger partial charge in [-0.3, -0.25) is 9.59 Å². The third-order valence-corrected chi connectivity index (χ3v) is 4.81. The summed E-state index contributed by atoms with van der Waals surface area (Å²) in [7, 11) is 0. The van der Waals surface area contributed by atoms with E-state index in [1.54, 1.807) is 13.8 Å². The number of carbonyl (C=O) groups excluding carboxylic acids is 2. The molecule has 1 unspecified atom stereocenters. The lowest BCUT2D eigenvalue weighted by Gasteiger charge is -2.14. The number of unbranched alkanes of at least 4 members (excludes halogenated alkanes) is 7. The van der Waals surface area contributed by atoms with E-state index in [4.69, 9.17) is 9.47 Å². The second kappa shape index (κ2) is 16.2. The molecule has 0 aromatic carbocycles. The summed E-state index contributed by atoms with van der Waals surface area (Å²) in [6, 6.07) is 0. The van der Waals surface area contributed by atoms with Crippen LogP contribution in [0.15, 0.2) is 0 Å². The fourth-order valence-electron chi connectivity index (χ4n) is 2.28. The first kappa shape index (κ1) is 22.3. The summed E-state index contributed by atoms with van der Waals surface area (Å²) in [5.74, 6) is 0.261. The van der Waals surface area contributed by atoms with Gasteiger partial charge in [0.15, 0.2) is 0 Å². The van der Waals surface area contributed by atoms with Gasteiger partial charge >= 0.3 is 11.9 Å². The molecule has 0 aromatic heterocycles. The van der Waals surface area contributed by atoms with Crippen LogP contribution in [0.25, 0.3) is 0 Å². The van der Waals surface area contributed by atoms with Crippen molar-refractivity contribution in [3.8, 4) is 0 Å².